The fourth-order valence-corrected chi connectivity index (χ4v) is 2.66. The van der Waals surface area contributed by atoms with Gasteiger partial charge in [0, 0.05) is 17.0 Å². The molecule has 0 atom stereocenters. The molecule has 1 aromatic carbocycles. The minimum absolute atomic E-state index is 0.0450. The number of hydrogen-bond acceptors (Lipinski definition) is 3. The summed E-state index contributed by atoms with van der Waals surface area (Å²) in [4.78, 5) is 26.3. The van der Waals surface area contributed by atoms with Crippen molar-refractivity contribution in [1.82, 2.24) is 4.98 Å². The normalized spacial score (nSPS) is 11.0. The van der Waals surface area contributed by atoms with Gasteiger partial charge in [0.1, 0.15) is 5.75 Å². The van der Waals surface area contributed by atoms with E-state index >= 15 is 0 Å². The number of pyridine rings is 1. The fraction of sp³-hybridized carbons (Fsp3) is 0.412. The van der Waals surface area contributed by atoms with E-state index in [-0.39, 0.29) is 17.1 Å². The molecule has 1 heterocycles. The second kappa shape index (κ2) is 6.12. The number of ketones is 1. The summed E-state index contributed by atoms with van der Waals surface area (Å²) in [7, 11) is 0. The molecule has 2 N–H and O–H groups in total. The number of nitrogens with one attached hydrogen (secondary N) is 1. The number of phenols is 1. The molecule has 0 fully saturated rings. The topological polar surface area (TPSA) is 70.2 Å². The highest BCUT2D eigenvalue weighted by atomic mass is 16.3. The maximum absolute atomic E-state index is 11.8. The second-order valence-corrected chi connectivity index (χ2v) is 5.49. The van der Waals surface area contributed by atoms with Crippen LogP contribution in [0.15, 0.2) is 16.9 Å². The summed E-state index contributed by atoms with van der Waals surface area (Å²) in [6, 6.07) is 3.29. The zero-order valence-corrected chi connectivity index (χ0v) is 12.7. The van der Waals surface area contributed by atoms with E-state index < -0.39 is 0 Å². The van der Waals surface area contributed by atoms with Crippen molar-refractivity contribution >= 4 is 16.7 Å². The van der Waals surface area contributed by atoms with Crippen molar-refractivity contribution in [2.24, 2.45) is 0 Å². The van der Waals surface area contributed by atoms with Crippen molar-refractivity contribution in [2.45, 2.75) is 46.5 Å². The van der Waals surface area contributed by atoms with E-state index in [1.54, 1.807) is 19.1 Å². The SMILES string of the molecule is CCCCCc1cc(=O)[nH]c2c(C)c(O)c(C(C)=O)cc12. The fourth-order valence-electron chi connectivity index (χ4n) is 2.66. The Morgan fingerprint density at radius 3 is 2.62 bits per heavy atom. The van der Waals surface area contributed by atoms with E-state index in [2.05, 4.69) is 11.9 Å². The minimum atomic E-state index is -0.178. The number of aromatic amines is 1. The molecule has 0 saturated carbocycles. The molecule has 0 aliphatic rings. The predicted molar refractivity (Wildman–Crippen MR) is 84.2 cm³/mol. The first kappa shape index (κ1) is 15.3. The monoisotopic (exact) mass is 287 g/mol. The van der Waals surface area contributed by atoms with E-state index in [1.807, 2.05) is 0 Å². The van der Waals surface area contributed by atoms with Crippen LogP contribution in [0.1, 0.15) is 54.6 Å². The summed E-state index contributed by atoms with van der Waals surface area (Å²) in [5, 5.41) is 11.0. The number of carbonyl (C=O) groups excluding carboxylic acids is 1. The number of aromatic nitrogens is 1. The van der Waals surface area contributed by atoms with Crippen molar-refractivity contribution in [3.63, 3.8) is 0 Å². The summed E-state index contributed by atoms with van der Waals surface area (Å²) in [6.07, 6.45) is 4.02. The van der Waals surface area contributed by atoms with Gasteiger partial charge < -0.3 is 10.1 Å². The Bertz CT molecular complexity index is 744. The Kier molecular flexibility index (Phi) is 4.46. The first-order valence-corrected chi connectivity index (χ1v) is 7.35. The highest BCUT2D eigenvalue weighted by molar-refractivity contribution is 6.02. The lowest BCUT2D eigenvalue weighted by atomic mass is 9.96. The van der Waals surface area contributed by atoms with Crippen LogP contribution in [0.3, 0.4) is 0 Å². The molecule has 0 spiro atoms. The van der Waals surface area contributed by atoms with Gasteiger partial charge in [0.25, 0.3) is 0 Å². The Labute approximate surface area is 123 Å². The highest BCUT2D eigenvalue weighted by Gasteiger charge is 2.15. The Balaban J connectivity index is 2.68. The number of carbonyl (C=O) groups is 1. The Hall–Kier alpha value is -2.10. The van der Waals surface area contributed by atoms with Gasteiger partial charge in [0.2, 0.25) is 5.56 Å². The van der Waals surface area contributed by atoms with E-state index in [9.17, 15) is 14.7 Å². The highest BCUT2D eigenvalue weighted by Crippen LogP contribution is 2.31. The zero-order chi connectivity index (χ0) is 15.6. The molecular weight excluding hydrogens is 266 g/mol. The molecule has 0 amide bonds. The van der Waals surface area contributed by atoms with Crippen molar-refractivity contribution in [1.29, 1.82) is 0 Å². The molecule has 112 valence electrons. The van der Waals surface area contributed by atoms with Gasteiger partial charge in [-0.1, -0.05) is 19.8 Å². The third kappa shape index (κ3) is 2.99. The third-order valence-corrected chi connectivity index (χ3v) is 3.87. The van der Waals surface area contributed by atoms with Crippen LogP contribution in [0.5, 0.6) is 5.75 Å². The van der Waals surface area contributed by atoms with Crippen molar-refractivity contribution in [3.8, 4) is 5.75 Å². The summed E-state index contributed by atoms with van der Waals surface area (Å²) >= 11 is 0. The molecule has 21 heavy (non-hydrogen) atoms. The van der Waals surface area contributed by atoms with Gasteiger partial charge in [-0.2, -0.15) is 0 Å². The van der Waals surface area contributed by atoms with Gasteiger partial charge in [0.15, 0.2) is 5.78 Å². The molecule has 0 unspecified atom stereocenters. The average Bonchev–Trinajstić information content (AvgIpc) is 2.43. The van der Waals surface area contributed by atoms with Crippen LogP contribution in [-0.2, 0) is 6.42 Å². The third-order valence-electron chi connectivity index (χ3n) is 3.87. The molecular formula is C17H21NO3. The van der Waals surface area contributed by atoms with Gasteiger partial charge in [-0.15, -0.1) is 0 Å². The number of hydrogen-bond donors (Lipinski definition) is 2. The quantitative estimate of drug-likeness (QED) is 0.653. The predicted octanol–water partition coefficient (Wildman–Crippen LogP) is 3.48. The first-order valence-electron chi connectivity index (χ1n) is 7.35. The summed E-state index contributed by atoms with van der Waals surface area (Å²) in [5.41, 5.74) is 2.24. The minimum Gasteiger partial charge on any atom is -0.507 e. The molecule has 4 heteroatoms. The molecule has 2 rings (SSSR count). The van der Waals surface area contributed by atoms with E-state index in [0.29, 0.717) is 16.6 Å². The van der Waals surface area contributed by atoms with Crippen LogP contribution in [0, 0.1) is 6.92 Å². The van der Waals surface area contributed by atoms with Gasteiger partial charge in [-0.3, -0.25) is 9.59 Å². The van der Waals surface area contributed by atoms with Gasteiger partial charge in [-0.25, -0.2) is 0 Å². The summed E-state index contributed by atoms with van der Waals surface area (Å²) in [6.45, 7) is 5.28. The number of aryl methyl sites for hydroxylation is 2. The van der Waals surface area contributed by atoms with Gasteiger partial charge >= 0.3 is 0 Å². The van der Waals surface area contributed by atoms with Crippen LogP contribution in [0.4, 0.5) is 0 Å². The molecule has 4 nitrogen and oxygen atoms in total. The van der Waals surface area contributed by atoms with Crippen LogP contribution in [0.2, 0.25) is 0 Å². The maximum atomic E-state index is 11.8. The van der Waals surface area contributed by atoms with Crippen LogP contribution >= 0.6 is 0 Å². The molecule has 0 aliphatic carbocycles. The zero-order valence-electron chi connectivity index (χ0n) is 12.7. The van der Waals surface area contributed by atoms with Crippen LogP contribution < -0.4 is 5.56 Å². The smallest absolute Gasteiger partial charge is 0.248 e. The lowest BCUT2D eigenvalue weighted by molar-refractivity contribution is 0.101. The molecule has 0 aliphatic heterocycles. The van der Waals surface area contributed by atoms with Crippen molar-refractivity contribution in [3.05, 3.63) is 39.2 Å². The standard InChI is InChI=1S/C17H21NO3/c1-4-5-6-7-12-8-15(20)18-16-10(2)17(21)13(11(3)19)9-14(12)16/h8-9,21H,4-7H2,1-3H3,(H,18,20). The van der Waals surface area contributed by atoms with E-state index in [1.165, 1.54) is 6.92 Å². The molecule has 0 bridgehead atoms. The van der Waals surface area contributed by atoms with Crippen molar-refractivity contribution < 1.29 is 9.90 Å². The second-order valence-electron chi connectivity index (χ2n) is 5.49. The Morgan fingerprint density at radius 1 is 1.29 bits per heavy atom. The lowest BCUT2D eigenvalue weighted by Gasteiger charge is -2.12. The summed E-state index contributed by atoms with van der Waals surface area (Å²) < 4.78 is 0. The lowest BCUT2D eigenvalue weighted by Crippen LogP contribution is -2.09. The van der Waals surface area contributed by atoms with E-state index in [0.717, 1.165) is 36.6 Å². The number of unbranched alkanes of at least 4 members (excludes halogenated alkanes) is 2. The molecule has 0 radical (unpaired) electrons. The number of fused-ring (bicyclic) bond motifs is 1. The molecule has 1 aromatic heterocycles. The van der Waals surface area contributed by atoms with Crippen LogP contribution in [-0.4, -0.2) is 15.9 Å². The van der Waals surface area contributed by atoms with Crippen molar-refractivity contribution in [2.75, 3.05) is 0 Å². The molecule has 2 aromatic rings. The average molecular weight is 287 g/mol. The number of Topliss-reactive ketones (excluding diaryl/α,β-unsaturated/α-hetero) is 1. The number of phenolic OH excluding ortho intramolecular Hbond substituents is 1. The van der Waals surface area contributed by atoms with Crippen LogP contribution in [0.25, 0.3) is 10.9 Å². The maximum Gasteiger partial charge on any atom is 0.248 e. The first-order chi connectivity index (χ1) is 9.95. The Morgan fingerprint density at radius 2 is 2.00 bits per heavy atom. The van der Waals surface area contributed by atoms with Gasteiger partial charge in [-0.05, 0) is 38.3 Å². The number of aromatic hydroxyl groups is 1. The molecule has 0 saturated heterocycles. The number of H-pyrrole nitrogens is 1. The van der Waals surface area contributed by atoms with E-state index in [4.69, 9.17) is 0 Å². The number of benzene rings is 1. The van der Waals surface area contributed by atoms with Gasteiger partial charge in [0.05, 0.1) is 11.1 Å². The number of rotatable bonds is 5. The summed E-state index contributed by atoms with van der Waals surface area (Å²) in [5.74, 6) is -0.223. The largest absolute Gasteiger partial charge is 0.507 e.